The maximum Gasteiger partial charge on any atom is 0.327 e. The number of nitrogens with zero attached hydrogens (tertiary/aromatic N) is 1. The first-order valence-electron chi connectivity index (χ1n) is 6.97. The summed E-state index contributed by atoms with van der Waals surface area (Å²) in [6, 6.07) is 0. The van der Waals surface area contributed by atoms with Gasteiger partial charge in [0.15, 0.2) is 0 Å². The molecule has 0 saturated heterocycles. The van der Waals surface area contributed by atoms with Gasteiger partial charge >= 0.3 is 8.60 Å². The van der Waals surface area contributed by atoms with E-state index in [0.717, 1.165) is 25.8 Å². The Hall–Kier alpha value is -0.300. The first-order chi connectivity index (χ1) is 9.37. The van der Waals surface area contributed by atoms with Crippen LogP contribution in [0.4, 0.5) is 0 Å². The highest BCUT2D eigenvalue weighted by molar-refractivity contribution is 7.39. The number of hydrogen-bond donors (Lipinski definition) is 4. The van der Waals surface area contributed by atoms with Crippen molar-refractivity contribution in [2.75, 3.05) is 46.9 Å². The van der Waals surface area contributed by atoms with Gasteiger partial charge in [-0.25, -0.2) is 0 Å². The number of rotatable bonds is 12. The van der Waals surface area contributed by atoms with Gasteiger partial charge < -0.3 is 29.8 Å². The van der Waals surface area contributed by atoms with Gasteiger partial charge in [-0.1, -0.05) is 6.42 Å². The molecule has 0 spiro atoms. The molecule has 7 nitrogen and oxygen atoms in total. The monoisotopic (exact) mass is 310 g/mol. The minimum atomic E-state index is -2.28. The summed E-state index contributed by atoms with van der Waals surface area (Å²) in [4.78, 5) is 28.8. The third-order valence-corrected chi connectivity index (χ3v) is 3.46. The molecule has 0 aromatic rings. The van der Waals surface area contributed by atoms with Gasteiger partial charge in [-0.15, -0.1) is 0 Å². The highest BCUT2D eigenvalue weighted by Gasteiger charge is 2.15. The van der Waals surface area contributed by atoms with E-state index in [9.17, 15) is 4.79 Å². The number of nitrogens with one attached hydrogen (secondary N) is 1. The Morgan fingerprint density at radius 1 is 1.25 bits per heavy atom. The van der Waals surface area contributed by atoms with Crippen LogP contribution in [0.1, 0.15) is 25.7 Å². The van der Waals surface area contributed by atoms with Crippen LogP contribution in [0, 0.1) is 0 Å². The predicted octanol–water partition coefficient (Wildman–Crippen LogP) is -0.0738. The van der Waals surface area contributed by atoms with Crippen molar-refractivity contribution >= 4 is 14.5 Å². The van der Waals surface area contributed by atoms with E-state index < -0.39 is 8.60 Å². The molecule has 0 aromatic heterocycles. The molecule has 0 aliphatic rings. The summed E-state index contributed by atoms with van der Waals surface area (Å²) >= 11 is 0. The van der Waals surface area contributed by atoms with E-state index in [-0.39, 0.29) is 5.91 Å². The smallest absolute Gasteiger partial charge is 0.327 e. The molecule has 0 radical (unpaired) electrons. The molecule has 20 heavy (non-hydrogen) atoms. The minimum absolute atomic E-state index is 0.0764. The second-order valence-electron chi connectivity index (χ2n) is 5.42. The van der Waals surface area contributed by atoms with Gasteiger partial charge in [0.05, 0.1) is 27.2 Å². The van der Waals surface area contributed by atoms with E-state index in [0.29, 0.717) is 37.1 Å². The van der Waals surface area contributed by atoms with Crippen LogP contribution in [-0.2, 0) is 9.32 Å². The molecule has 0 aliphatic carbocycles. The molecule has 120 valence electrons. The molecule has 5 N–H and O–H groups in total. The van der Waals surface area contributed by atoms with E-state index in [1.807, 2.05) is 14.1 Å². The zero-order valence-corrected chi connectivity index (χ0v) is 13.4. The number of quaternary nitrogens is 1. The van der Waals surface area contributed by atoms with Crippen LogP contribution < -0.4 is 11.1 Å². The number of amides is 1. The van der Waals surface area contributed by atoms with Crippen LogP contribution in [0.5, 0.6) is 0 Å². The number of likely N-dealkylation sites (N-methyl/N-ethyl adjacent to an activating group) is 1. The Kier molecular flexibility index (Phi) is 11.2. The summed E-state index contributed by atoms with van der Waals surface area (Å²) in [5.41, 5.74) is 5.39. The van der Waals surface area contributed by atoms with Crippen molar-refractivity contribution in [1.29, 1.82) is 0 Å². The van der Waals surface area contributed by atoms with Gasteiger partial charge in [-0.05, 0) is 19.4 Å². The van der Waals surface area contributed by atoms with E-state index in [1.165, 1.54) is 0 Å². The van der Waals surface area contributed by atoms with E-state index >= 15 is 0 Å². The molecule has 0 rings (SSSR count). The summed E-state index contributed by atoms with van der Waals surface area (Å²) in [6.45, 7) is 3.01. The summed E-state index contributed by atoms with van der Waals surface area (Å²) in [6.07, 6.45) is 3.39. The van der Waals surface area contributed by atoms with Crippen LogP contribution in [0.2, 0.25) is 0 Å². The molecule has 0 bridgehead atoms. The normalized spacial score (nSPS) is 11.9. The fourth-order valence-electron chi connectivity index (χ4n) is 1.67. The molecule has 1 amide bonds. The topological polar surface area (TPSA) is 105 Å². The molecular weight excluding hydrogens is 281 g/mol. The van der Waals surface area contributed by atoms with Crippen molar-refractivity contribution in [2.45, 2.75) is 25.7 Å². The standard InChI is InChI=1S/C12H28N3O4P/c1-15(2,10-11-19-20(17)18)9-8-14-12(16)6-4-3-5-7-13/h17-18H,3-11,13H2,1-2H3/p+1. The number of nitrogens with two attached hydrogens (primary N) is 1. The van der Waals surface area contributed by atoms with Crippen molar-refractivity contribution < 1.29 is 23.6 Å². The molecule has 0 unspecified atom stereocenters. The quantitative estimate of drug-likeness (QED) is 0.229. The highest BCUT2D eigenvalue weighted by Crippen LogP contribution is 2.23. The number of carbonyl (C=O) groups excluding carboxylic acids is 1. The van der Waals surface area contributed by atoms with Crippen molar-refractivity contribution in [1.82, 2.24) is 5.32 Å². The lowest BCUT2D eigenvalue weighted by Crippen LogP contribution is -2.47. The van der Waals surface area contributed by atoms with Gasteiger partial charge in [0, 0.05) is 6.42 Å². The zero-order chi connectivity index (χ0) is 15.4. The lowest BCUT2D eigenvalue weighted by atomic mass is 10.2. The maximum absolute atomic E-state index is 11.6. The Labute approximate surface area is 122 Å². The first kappa shape index (κ1) is 19.7. The Bertz CT molecular complexity index is 265. The Morgan fingerprint density at radius 3 is 2.55 bits per heavy atom. The molecule has 0 fully saturated rings. The second-order valence-corrected chi connectivity index (χ2v) is 6.18. The molecule has 0 aromatic carbocycles. The van der Waals surface area contributed by atoms with Crippen LogP contribution in [-0.4, -0.2) is 67.1 Å². The molecule has 0 saturated carbocycles. The summed E-state index contributed by atoms with van der Waals surface area (Å²) in [5.74, 6) is 0.0764. The summed E-state index contributed by atoms with van der Waals surface area (Å²) in [7, 11) is 1.74. The molecule has 8 heteroatoms. The third kappa shape index (κ3) is 12.7. The third-order valence-electron chi connectivity index (χ3n) is 3.05. The molecule has 0 heterocycles. The van der Waals surface area contributed by atoms with Gasteiger partial charge in [-0.3, -0.25) is 4.79 Å². The summed E-state index contributed by atoms with van der Waals surface area (Å²) < 4.78 is 5.39. The van der Waals surface area contributed by atoms with Gasteiger partial charge in [-0.2, -0.15) is 0 Å². The Balaban J connectivity index is 3.62. The van der Waals surface area contributed by atoms with Crippen molar-refractivity contribution in [2.24, 2.45) is 5.73 Å². The number of unbranched alkanes of at least 4 members (excludes halogenated alkanes) is 2. The lowest BCUT2D eigenvalue weighted by Gasteiger charge is -2.29. The van der Waals surface area contributed by atoms with Gasteiger partial charge in [0.2, 0.25) is 5.91 Å². The van der Waals surface area contributed by atoms with Crippen LogP contribution in [0.25, 0.3) is 0 Å². The zero-order valence-electron chi connectivity index (χ0n) is 12.5. The van der Waals surface area contributed by atoms with Crippen molar-refractivity contribution in [3.05, 3.63) is 0 Å². The Morgan fingerprint density at radius 2 is 1.95 bits per heavy atom. The fourth-order valence-corrected chi connectivity index (χ4v) is 1.92. The SMILES string of the molecule is C[N+](C)(CCNC(=O)CCCCCN)CCOP(O)O. The average molecular weight is 310 g/mol. The average Bonchev–Trinajstić information content (AvgIpc) is 2.33. The molecule has 0 atom stereocenters. The van der Waals surface area contributed by atoms with Gasteiger partial charge in [0.1, 0.15) is 13.2 Å². The molecular formula is C12H29N3O4P+. The number of hydrogen-bond acceptors (Lipinski definition) is 5. The maximum atomic E-state index is 11.6. The van der Waals surface area contributed by atoms with Crippen molar-refractivity contribution in [3.8, 4) is 0 Å². The fraction of sp³-hybridized carbons (Fsp3) is 0.917. The second kappa shape index (κ2) is 11.4. The first-order valence-corrected chi connectivity index (χ1v) is 8.13. The highest BCUT2D eigenvalue weighted by atomic mass is 31.2. The minimum Gasteiger partial charge on any atom is -0.350 e. The van der Waals surface area contributed by atoms with Crippen LogP contribution in [0.15, 0.2) is 0 Å². The van der Waals surface area contributed by atoms with E-state index in [4.69, 9.17) is 20.0 Å². The number of carbonyl (C=O) groups is 1. The van der Waals surface area contributed by atoms with Crippen LogP contribution >= 0.6 is 8.60 Å². The van der Waals surface area contributed by atoms with Gasteiger partial charge in [0.25, 0.3) is 0 Å². The molecule has 0 aliphatic heterocycles. The van der Waals surface area contributed by atoms with Crippen LogP contribution in [0.3, 0.4) is 0 Å². The van der Waals surface area contributed by atoms with Crippen molar-refractivity contribution in [3.63, 3.8) is 0 Å². The summed E-state index contributed by atoms with van der Waals surface area (Å²) in [5, 5.41) is 2.89. The van der Waals surface area contributed by atoms with E-state index in [2.05, 4.69) is 5.32 Å². The lowest BCUT2D eigenvalue weighted by molar-refractivity contribution is -0.889. The predicted molar refractivity (Wildman–Crippen MR) is 79.7 cm³/mol. The van der Waals surface area contributed by atoms with E-state index in [1.54, 1.807) is 0 Å². The largest absolute Gasteiger partial charge is 0.350 e.